The van der Waals surface area contributed by atoms with Gasteiger partial charge in [-0.25, -0.2) is 0 Å². The van der Waals surface area contributed by atoms with Crippen LogP contribution in [0.1, 0.15) is 53.1 Å². The second kappa shape index (κ2) is 12.9. The highest BCUT2D eigenvalue weighted by atomic mass is 14.4. The van der Waals surface area contributed by atoms with Crippen molar-refractivity contribution in [3.8, 4) is 0 Å². The molecule has 0 fully saturated rings. The minimum atomic E-state index is -0.320. The highest BCUT2D eigenvalue weighted by Crippen LogP contribution is 2.46. The summed E-state index contributed by atoms with van der Waals surface area (Å²) >= 11 is 0. The molecule has 0 spiro atoms. The van der Waals surface area contributed by atoms with Gasteiger partial charge in [0.1, 0.15) is 0 Å². The number of allylic oxidation sites excluding steroid dienone is 2. The van der Waals surface area contributed by atoms with Gasteiger partial charge < -0.3 is 0 Å². The second-order valence-corrected chi connectivity index (χ2v) is 11.4. The molecule has 0 heteroatoms. The fraction of sp³-hybridized carbons (Fsp3) is 0.116. The average Bonchev–Trinajstić information content (AvgIpc) is 3.10. The molecule has 210 valence electrons. The first-order chi connectivity index (χ1) is 21.2. The fourth-order valence-electron chi connectivity index (χ4n) is 6.81. The smallest absolute Gasteiger partial charge is 0.0488 e. The van der Waals surface area contributed by atoms with E-state index in [1.54, 1.807) is 0 Å². The van der Waals surface area contributed by atoms with Crippen LogP contribution in [0.5, 0.6) is 0 Å². The molecule has 0 saturated heterocycles. The molecule has 0 aliphatic rings. The lowest BCUT2D eigenvalue weighted by molar-refractivity contribution is 0.593. The number of benzene rings is 6. The van der Waals surface area contributed by atoms with Crippen molar-refractivity contribution in [3.63, 3.8) is 0 Å². The number of rotatable bonds is 10. The van der Waals surface area contributed by atoms with E-state index >= 15 is 0 Å². The van der Waals surface area contributed by atoms with E-state index in [0.717, 1.165) is 12.8 Å². The minimum absolute atomic E-state index is 0.320. The first kappa shape index (κ1) is 28.2. The molecule has 0 N–H and O–H groups in total. The SMILES string of the molecule is CC(=CCC(c1ccccc1)(c1ccccc1)c1ccccc1)CC(c1ccccc1)(c1ccccc1)c1ccccc1. The van der Waals surface area contributed by atoms with Gasteiger partial charge in [-0.05, 0) is 53.1 Å². The third-order valence-corrected chi connectivity index (χ3v) is 8.90. The lowest BCUT2D eigenvalue weighted by atomic mass is 9.65. The first-order valence-corrected chi connectivity index (χ1v) is 15.2. The molecule has 6 aromatic rings. The lowest BCUT2D eigenvalue weighted by Crippen LogP contribution is -2.31. The van der Waals surface area contributed by atoms with Crippen molar-refractivity contribution < 1.29 is 0 Å². The second-order valence-electron chi connectivity index (χ2n) is 11.4. The molecule has 0 unspecified atom stereocenters. The molecule has 6 aromatic carbocycles. The highest BCUT2D eigenvalue weighted by molar-refractivity contribution is 5.53. The van der Waals surface area contributed by atoms with Crippen molar-refractivity contribution in [2.75, 3.05) is 0 Å². The van der Waals surface area contributed by atoms with Crippen molar-refractivity contribution >= 4 is 0 Å². The first-order valence-electron chi connectivity index (χ1n) is 15.2. The third kappa shape index (κ3) is 5.62. The maximum Gasteiger partial charge on any atom is 0.0488 e. The standard InChI is InChI=1S/C43H38/c1-35(34-43(39-26-14-5-15-27-39,40-28-16-6-17-29-40)41-30-18-7-19-31-41)32-33-42(36-20-8-2-9-21-36,37-22-10-3-11-23-37)38-24-12-4-13-25-38/h2-32H,33-34H2,1H3. The van der Waals surface area contributed by atoms with Gasteiger partial charge in [0.25, 0.3) is 0 Å². The Balaban J connectivity index is 1.52. The molecular formula is C43H38. The van der Waals surface area contributed by atoms with Crippen LogP contribution in [0.2, 0.25) is 0 Å². The molecule has 6 rings (SSSR count). The van der Waals surface area contributed by atoms with Crippen LogP contribution >= 0.6 is 0 Å². The van der Waals surface area contributed by atoms with Gasteiger partial charge in [-0.15, -0.1) is 0 Å². The summed E-state index contributed by atoms with van der Waals surface area (Å²) in [5.74, 6) is 0. The number of hydrogen-bond acceptors (Lipinski definition) is 0. The topological polar surface area (TPSA) is 0 Å². The lowest BCUT2D eigenvalue weighted by Gasteiger charge is -2.38. The predicted octanol–water partition coefficient (Wildman–Crippen LogP) is 10.8. The van der Waals surface area contributed by atoms with Crippen LogP contribution in [0.4, 0.5) is 0 Å². The summed E-state index contributed by atoms with van der Waals surface area (Å²) in [6.45, 7) is 2.31. The van der Waals surface area contributed by atoms with Gasteiger partial charge in [-0.1, -0.05) is 194 Å². The van der Waals surface area contributed by atoms with Crippen LogP contribution in [-0.4, -0.2) is 0 Å². The molecule has 0 amide bonds. The quantitative estimate of drug-likeness (QED) is 0.117. The van der Waals surface area contributed by atoms with Crippen LogP contribution in [-0.2, 0) is 10.8 Å². The Bertz CT molecular complexity index is 1530. The third-order valence-electron chi connectivity index (χ3n) is 8.90. The van der Waals surface area contributed by atoms with E-state index in [0.29, 0.717) is 0 Å². The van der Waals surface area contributed by atoms with Crippen LogP contribution in [0.15, 0.2) is 194 Å². The Labute approximate surface area is 257 Å². The average molecular weight is 555 g/mol. The summed E-state index contributed by atoms with van der Waals surface area (Å²) in [6, 6.07) is 66.1. The Morgan fingerprint density at radius 2 is 0.605 bits per heavy atom. The maximum atomic E-state index is 2.50. The van der Waals surface area contributed by atoms with Crippen molar-refractivity contribution in [1.82, 2.24) is 0 Å². The Morgan fingerprint density at radius 3 is 0.860 bits per heavy atom. The van der Waals surface area contributed by atoms with Gasteiger partial charge in [0.2, 0.25) is 0 Å². The zero-order chi connectivity index (χ0) is 29.4. The van der Waals surface area contributed by atoms with Gasteiger partial charge in [-0.3, -0.25) is 0 Å². The molecule has 0 aliphatic carbocycles. The summed E-state index contributed by atoms with van der Waals surface area (Å²) in [7, 11) is 0. The van der Waals surface area contributed by atoms with E-state index < -0.39 is 0 Å². The normalized spacial score (nSPS) is 12.2. The summed E-state index contributed by atoms with van der Waals surface area (Å²) in [4.78, 5) is 0. The summed E-state index contributed by atoms with van der Waals surface area (Å²) in [5.41, 5.74) is 8.55. The van der Waals surface area contributed by atoms with Crippen molar-refractivity contribution in [3.05, 3.63) is 227 Å². The van der Waals surface area contributed by atoms with E-state index in [4.69, 9.17) is 0 Å². The summed E-state index contributed by atoms with van der Waals surface area (Å²) < 4.78 is 0. The van der Waals surface area contributed by atoms with Crippen LogP contribution in [0.25, 0.3) is 0 Å². The molecule has 0 atom stereocenters. The Kier molecular flexibility index (Phi) is 8.47. The van der Waals surface area contributed by atoms with Crippen LogP contribution < -0.4 is 0 Å². The maximum absolute atomic E-state index is 2.50. The van der Waals surface area contributed by atoms with E-state index in [9.17, 15) is 0 Å². The van der Waals surface area contributed by atoms with Gasteiger partial charge in [0, 0.05) is 10.8 Å². The highest BCUT2D eigenvalue weighted by Gasteiger charge is 2.38. The molecule has 0 aliphatic heterocycles. The van der Waals surface area contributed by atoms with Gasteiger partial charge >= 0.3 is 0 Å². The monoisotopic (exact) mass is 554 g/mol. The van der Waals surface area contributed by atoms with Crippen molar-refractivity contribution in [2.24, 2.45) is 0 Å². The van der Waals surface area contributed by atoms with Gasteiger partial charge in [0.15, 0.2) is 0 Å². The zero-order valence-corrected chi connectivity index (χ0v) is 24.8. The van der Waals surface area contributed by atoms with Gasteiger partial charge in [0.05, 0.1) is 0 Å². The van der Waals surface area contributed by atoms with Crippen molar-refractivity contribution in [1.29, 1.82) is 0 Å². The van der Waals surface area contributed by atoms with E-state index in [1.807, 2.05) is 0 Å². The fourth-order valence-corrected chi connectivity index (χ4v) is 6.81. The molecule has 0 nitrogen and oxygen atoms in total. The van der Waals surface area contributed by atoms with Gasteiger partial charge in [-0.2, -0.15) is 0 Å². The summed E-state index contributed by atoms with van der Waals surface area (Å²) in [5, 5.41) is 0. The van der Waals surface area contributed by atoms with E-state index in [2.05, 4.69) is 195 Å². The zero-order valence-electron chi connectivity index (χ0n) is 24.8. The molecule has 0 bridgehead atoms. The minimum Gasteiger partial charge on any atom is -0.0840 e. The van der Waals surface area contributed by atoms with Crippen LogP contribution in [0.3, 0.4) is 0 Å². The Hall–Kier alpha value is -4.94. The van der Waals surface area contributed by atoms with E-state index in [-0.39, 0.29) is 10.8 Å². The van der Waals surface area contributed by atoms with Crippen molar-refractivity contribution in [2.45, 2.75) is 30.6 Å². The molecule has 43 heavy (non-hydrogen) atoms. The molecule has 0 aromatic heterocycles. The van der Waals surface area contributed by atoms with Crippen LogP contribution in [0, 0.1) is 0 Å². The molecule has 0 saturated carbocycles. The Morgan fingerprint density at radius 1 is 0.372 bits per heavy atom. The number of hydrogen-bond donors (Lipinski definition) is 0. The van der Waals surface area contributed by atoms with E-state index in [1.165, 1.54) is 39.0 Å². The molecule has 0 radical (unpaired) electrons. The predicted molar refractivity (Wildman–Crippen MR) is 181 cm³/mol. The molecule has 0 heterocycles. The molecular weight excluding hydrogens is 516 g/mol. The summed E-state index contributed by atoms with van der Waals surface area (Å²) in [6.07, 6.45) is 4.22. The largest absolute Gasteiger partial charge is 0.0840 e.